The predicted octanol–water partition coefficient (Wildman–Crippen LogP) is 15.7. The molecule has 0 aromatic heterocycles. The van der Waals surface area contributed by atoms with Crippen molar-refractivity contribution in [3.8, 4) is 0 Å². The zero-order valence-electron chi connectivity index (χ0n) is 56.0. The zero-order chi connectivity index (χ0) is 62.2. The molecule has 4 saturated heterocycles. The van der Waals surface area contributed by atoms with E-state index in [2.05, 4.69) is 226 Å². The van der Waals surface area contributed by atoms with Gasteiger partial charge in [0.2, 0.25) is 0 Å². The van der Waals surface area contributed by atoms with Crippen molar-refractivity contribution in [2.24, 2.45) is 0 Å². The summed E-state index contributed by atoms with van der Waals surface area (Å²) in [6, 6.07) is 48.5. The lowest BCUT2D eigenvalue weighted by Crippen LogP contribution is -2.74. The highest BCUT2D eigenvalue weighted by atomic mass is 28.4. The minimum Gasteiger partial charge on any atom is -0.411 e. The molecule has 4 aromatic rings. The average Bonchev–Trinajstić information content (AvgIpc) is 0.876. The Hall–Kier alpha value is -2.69. The highest BCUT2D eigenvalue weighted by molar-refractivity contribution is 6.99. The molecule has 0 radical (unpaired) electrons. The molecule has 0 saturated carbocycles. The average molecular weight is 1250 g/mol. The Kier molecular flexibility index (Phi) is 23.2. The normalized spacial score (nSPS) is 29.7. The minimum atomic E-state index is -2.85. The van der Waals surface area contributed by atoms with Gasteiger partial charge in [0.05, 0.1) is 74.3 Å². The maximum atomic E-state index is 7.98. The predicted molar refractivity (Wildman–Crippen MR) is 358 cm³/mol. The van der Waals surface area contributed by atoms with Crippen LogP contribution in [0.15, 0.2) is 121 Å². The molecule has 11 nitrogen and oxygen atoms in total. The van der Waals surface area contributed by atoms with Crippen LogP contribution in [0.2, 0.25) is 59.4 Å². The SMILES string of the molecule is CC[Si](CC)(CC)O[C@H]1[C@@H](O[Si](CC)(CC)CC)[C@@]2(C)O[C@@H](COCc3ccccc3)[C@H](OCc3ccccc3)C[C@@H]2O[C@@H]1C[C@H]1OCC[C@]2(C)O[C@](C)(CCO[Si](c3ccccc3)(c3ccccc3)C(C)(C)C)[C@@H](O[Si](C)(C)C(C)(C)C)C[C@H]2O1. The summed E-state index contributed by atoms with van der Waals surface area (Å²) < 4.78 is 82.4. The molecule has 478 valence electrons. The monoisotopic (exact) mass is 1250 g/mol. The topological polar surface area (TPSA) is 102 Å². The third-order valence-electron chi connectivity index (χ3n) is 21.3. The van der Waals surface area contributed by atoms with Gasteiger partial charge in [0.15, 0.2) is 31.2 Å². The fraction of sp³-hybridized carbons (Fsp3) is 0.662. The van der Waals surface area contributed by atoms with E-state index in [9.17, 15) is 0 Å². The number of benzene rings is 4. The van der Waals surface area contributed by atoms with Gasteiger partial charge < -0.3 is 50.9 Å². The van der Waals surface area contributed by atoms with Crippen LogP contribution < -0.4 is 10.4 Å². The first kappa shape index (κ1) is 69.2. The largest absolute Gasteiger partial charge is 0.411 e. The second-order valence-corrected chi connectivity index (χ2v) is 47.2. The summed E-state index contributed by atoms with van der Waals surface area (Å²) in [5, 5.41) is 2.32. The summed E-state index contributed by atoms with van der Waals surface area (Å²) in [6.07, 6.45) is -0.708. The fourth-order valence-corrected chi connectivity index (χ4v) is 25.9. The van der Waals surface area contributed by atoms with Gasteiger partial charge in [-0.05, 0) is 102 Å². The highest BCUT2D eigenvalue weighted by Gasteiger charge is 2.64. The summed E-state index contributed by atoms with van der Waals surface area (Å²) in [5.74, 6) is 0. The second-order valence-electron chi connectivity index (χ2n) is 28.7. The van der Waals surface area contributed by atoms with Crippen molar-refractivity contribution in [1.29, 1.82) is 0 Å². The van der Waals surface area contributed by atoms with E-state index < -0.39 is 86.9 Å². The Balaban J connectivity index is 1.13. The lowest BCUT2D eigenvalue weighted by Gasteiger charge is -2.60. The van der Waals surface area contributed by atoms with Crippen molar-refractivity contribution >= 4 is 43.6 Å². The van der Waals surface area contributed by atoms with Gasteiger partial charge in [-0.25, -0.2) is 0 Å². The van der Waals surface area contributed by atoms with E-state index in [-0.39, 0.29) is 28.4 Å². The van der Waals surface area contributed by atoms with Gasteiger partial charge in [-0.3, -0.25) is 0 Å². The fourth-order valence-electron chi connectivity index (χ4n) is 14.1. The molecular formula is C71H112O11Si4. The molecule has 4 aromatic carbocycles. The molecule has 0 bridgehead atoms. The van der Waals surface area contributed by atoms with Crippen molar-refractivity contribution in [3.63, 3.8) is 0 Å². The zero-order valence-corrected chi connectivity index (χ0v) is 60.0. The highest BCUT2D eigenvalue weighted by Crippen LogP contribution is 2.51. The van der Waals surface area contributed by atoms with Crippen LogP contribution in [0.1, 0.15) is 147 Å². The summed E-state index contributed by atoms with van der Waals surface area (Å²) in [6.45, 7) is 41.6. The van der Waals surface area contributed by atoms with Crippen LogP contribution in [0, 0.1) is 0 Å². The summed E-state index contributed by atoms with van der Waals surface area (Å²) >= 11 is 0. The van der Waals surface area contributed by atoms with Crippen LogP contribution in [0.3, 0.4) is 0 Å². The number of fused-ring (bicyclic) bond motifs is 2. The second kappa shape index (κ2) is 28.9. The first-order valence-electron chi connectivity index (χ1n) is 33.2. The van der Waals surface area contributed by atoms with E-state index in [1.54, 1.807) is 0 Å². The van der Waals surface area contributed by atoms with Crippen LogP contribution in [-0.4, -0.2) is 125 Å². The lowest BCUT2D eigenvalue weighted by molar-refractivity contribution is -0.334. The molecule has 0 spiro atoms. The molecule has 8 rings (SSSR count). The standard InChI is InChI=1S/C71H112O11Si4/c1-18-84(19-2,20-3)80-65-59(76-63-48-58(74-52-55-38-30-25-31-39-55)60(53-72-51-54-36-28-24-29-37-54)78-71(63,15)66(65)81-85(21-4,22-5)23-6)49-64-73-46-44-69(13)61(77-64)50-62(79-83(16,17)67(7,8)9)70(14,82-69)45-47-75-86(68(10,11)12,56-40-32-26-33-41-56)57-42-34-27-35-43-57/h24-43,58-66H,18-23,44-53H2,1-17H3/t58-,59-,60+,61-,62+,63+,64+,65-,66-,69+,70-,71+/m1/s1. The third kappa shape index (κ3) is 15.3. The van der Waals surface area contributed by atoms with Crippen LogP contribution in [-0.2, 0) is 64.1 Å². The Bertz CT molecular complexity index is 2610. The molecule has 0 aliphatic carbocycles. The molecule has 86 heavy (non-hydrogen) atoms. The van der Waals surface area contributed by atoms with Crippen molar-refractivity contribution in [2.75, 3.05) is 19.8 Å². The Morgan fingerprint density at radius 3 is 1.63 bits per heavy atom. The van der Waals surface area contributed by atoms with E-state index in [1.807, 2.05) is 12.1 Å². The Labute approximate surface area is 524 Å². The molecule has 0 amide bonds. The maximum absolute atomic E-state index is 7.98. The molecule has 4 aliphatic rings. The van der Waals surface area contributed by atoms with Gasteiger partial charge in [0.25, 0.3) is 8.32 Å². The van der Waals surface area contributed by atoms with E-state index >= 15 is 0 Å². The Morgan fingerprint density at radius 2 is 1.10 bits per heavy atom. The minimum absolute atomic E-state index is 0.0398. The van der Waals surface area contributed by atoms with E-state index in [0.717, 1.165) is 47.4 Å². The van der Waals surface area contributed by atoms with Crippen molar-refractivity contribution in [1.82, 2.24) is 0 Å². The van der Waals surface area contributed by atoms with Crippen molar-refractivity contribution in [2.45, 2.75) is 281 Å². The third-order valence-corrected chi connectivity index (χ3v) is 40.1. The summed E-state index contributed by atoms with van der Waals surface area (Å²) in [5.41, 5.74) is -0.0762. The lowest BCUT2D eigenvalue weighted by atomic mass is 9.77. The molecule has 15 heteroatoms. The van der Waals surface area contributed by atoms with Crippen LogP contribution in [0.25, 0.3) is 0 Å². The van der Waals surface area contributed by atoms with Gasteiger partial charge in [0, 0.05) is 38.7 Å². The number of ether oxygens (including phenoxy) is 7. The van der Waals surface area contributed by atoms with E-state index in [0.29, 0.717) is 65.1 Å². The van der Waals surface area contributed by atoms with E-state index in [4.69, 9.17) is 50.9 Å². The molecule has 4 aliphatic heterocycles. The molecule has 0 N–H and O–H groups in total. The van der Waals surface area contributed by atoms with Gasteiger partial charge in [-0.15, -0.1) is 0 Å². The quantitative estimate of drug-likeness (QED) is 0.0534. The molecule has 12 atom stereocenters. The molecule has 4 heterocycles. The number of hydrogen-bond donors (Lipinski definition) is 0. The van der Waals surface area contributed by atoms with Gasteiger partial charge in [0.1, 0.15) is 17.8 Å². The molecule has 4 fully saturated rings. The van der Waals surface area contributed by atoms with Crippen molar-refractivity contribution < 1.29 is 50.9 Å². The first-order valence-corrected chi connectivity index (χ1v) is 43.0. The Morgan fingerprint density at radius 1 is 0.581 bits per heavy atom. The summed E-state index contributed by atoms with van der Waals surface area (Å²) in [4.78, 5) is 0. The van der Waals surface area contributed by atoms with Crippen LogP contribution in [0.5, 0.6) is 0 Å². The van der Waals surface area contributed by atoms with Gasteiger partial charge in [-0.1, -0.05) is 204 Å². The number of hydrogen-bond acceptors (Lipinski definition) is 11. The number of rotatable bonds is 27. The first-order chi connectivity index (χ1) is 40.8. The van der Waals surface area contributed by atoms with Crippen LogP contribution in [0.4, 0.5) is 0 Å². The van der Waals surface area contributed by atoms with Crippen molar-refractivity contribution in [3.05, 3.63) is 132 Å². The smallest absolute Gasteiger partial charge is 0.261 e. The molecular weight excluding hydrogens is 1140 g/mol. The van der Waals surface area contributed by atoms with Crippen LogP contribution >= 0.6 is 0 Å². The maximum Gasteiger partial charge on any atom is 0.261 e. The van der Waals surface area contributed by atoms with Gasteiger partial charge in [-0.2, -0.15) is 0 Å². The summed E-state index contributed by atoms with van der Waals surface area (Å²) in [7, 11) is -9.92. The van der Waals surface area contributed by atoms with Gasteiger partial charge >= 0.3 is 0 Å². The molecule has 0 unspecified atom stereocenters. The van der Waals surface area contributed by atoms with E-state index in [1.165, 1.54) is 10.4 Å².